The summed E-state index contributed by atoms with van der Waals surface area (Å²) in [6.45, 7) is 0. The zero-order chi connectivity index (χ0) is 12.3. The predicted molar refractivity (Wildman–Crippen MR) is 75.0 cm³/mol. The molecule has 5 heteroatoms. The van der Waals surface area contributed by atoms with E-state index in [0.29, 0.717) is 4.88 Å². The molecule has 1 heterocycles. The van der Waals surface area contributed by atoms with Crippen LogP contribution in [0.1, 0.15) is 15.2 Å². The van der Waals surface area contributed by atoms with Crippen molar-refractivity contribution >= 4 is 45.0 Å². The third kappa shape index (κ3) is 3.59. The van der Waals surface area contributed by atoms with Crippen molar-refractivity contribution in [1.82, 2.24) is 0 Å². The first-order valence-corrected chi connectivity index (χ1v) is 7.50. The highest BCUT2D eigenvalue weighted by Gasteiger charge is 2.07. The van der Waals surface area contributed by atoms with Crippen molar-refractivity contribution in [1.29, 1.82) is 0 Å². The van der Waals surface area contributed by atoms with Gasteiger partial charge in [0.15, 0.2) is 0 Å². The topological polar surface area (TPSA) is 37.3 Å². The Morgan fingerprint density at radius 1 is 1.41 bits per heavy atom. The van der Waals surface area contributed by atoms with Gasteiger partial charge in [-0.05, 0) is 23.8 Å². The Bertz CT molecular complexity index is 537. The smallest absolute Gasteiger partial charge is 0.345 e. The van der Waals surface area contributed by atoms with Gasteiger partial charge in [0.2, 0.25) is 0 Å². The van der Waals surface area contributed by atoms with Crippen LogP contribution in [0.3, 0.4) is 0 Å². The highest BCUT2D eigenvalue weighted by molar-refractivity contribution is 9.10. The Kier molecular flexibility index (Phi) is 4.25. The SMILES string of the molecule is O=C(O)c1cc(SCc2cccc(Br)c2)cs1. The van der Waals surface area contributed by atoms with E-state index in [4.69, 9.17) is 5.11 Å². The van der Waals surface area contributed by atoms with Gasteiger partial charge in [0.25, 0.3) is 0 Å². The van der Waals surface area contributed by atoms with Crippen LogP contribution in [0.25, 0.3) is 0 Å². The van der Waals surface area contributed by atoms with Crippen molar-refractivity contribution in [3.63, 3.8) is 0 Å². The molecule has 0 amide bonds. The molecule has 88 valence electrons. The molecule has 0 radical (unpaired) electrons. The van der Waals surface area contributed by atoms with Crippen molar-refractivity contribution in [2.24, 2.45) is 0 Å². The van der Waals surface area contributed by atoms with Crippen molar-refractivity contribution < 1.29 is 9.90 Å². The van der Waals surface area contributed by atoms with Crippen molar-refractivity contribution in [3.8, 4) is 0 Å². The quantitative estimate of drug-likeness (QED) is 0.839. The van der Waals surface area contributed by atoms with Gasteiger partial charge in [-0.3, -0.25) is 0 Å². The van der Waals surface area contributed by atoms with Gasteiger partial charge < -0.3 is 5.11 Å². The van der Waals surface area contributed by atoms with Gasteiger partial charge in [0.05, 0.1) is 0 Å². The summed E-state index contributed by atoms with van der Waals surface area (Å²) in [6, 6.07) is 9.83. The minimum atomic E-state index is -0.857. The van der Waals surface area contributed by atoms with E-state index in [1.54, 1.807) is 17.8 Å². The Morgan fingerprint density at radius 2 is 2.24 bits per heavy atom. The molecule has 0 bridgehead atoms. The molecule has 0 saturated heterocycles. The van der Waals surface area contributed by atoms with Crippen LogP contribution < -0.4 is 0 Å². The van der Waals surface area contributed by atoms with Crippen LogP contribution in [0.4, 0.5) is 0 Å². The molecule has 1 aromatic heterocycles. The first-order chi connectivity index (χ1) is 8.15. The second kappa shape index (κ2) is 5.71. The van der Waals surface area contributed by atoms with Crippen LogP contribution in [-0.2, 0) is 5.75 Å². The number of thioether (sulfide) groups is 1. The number of hydrogen-bond acceptors (Lipinski definition) is 3. The van der Waals surface area contributed by atoms with Crippen molar-refractivity contribution in [3.05, 3.63) is 50.6 Å². The molecule has 1 N–H and O–H groups in total. The van der Waals surface area contributed by atoms with E-state index in [0.717, 1.165) is 15.1 Å². The number of rotatable bonds is 4. The molecule has 1 aromatic carbocycles. The fourth-order valence-corrected chi connectivity index (χ4v) is 3.56. The Balaban J connectivity index is 2.00. The highest BCUT2D eigenvalue weighted by atomic mass is 79.9. The second-order valence-electron chi connectivity index (χ2n) is 3.37. The summed E-state index contributed by atoms with van der Waals surface area (Å²) in [5.74, 6) is -0.0146. The van der Waals surface area contributed by atoms with Crippen LogP contribution in [0.5, 0.6) is 0 Å². The van der Waals surface area contributed by atoms with Crippen molar-refractivity contribution in [2.75, 3.05) is 0 Å². The predicted octanol–water partition coefficient (Wildman–Crippen LogP) is 4.50. The highest BCUT2D eigenvalue weighted by Crippen LogP contribution is 2.28. The average Bonchev–Trinajstić information content (AvgIpc) is 2.75. The molecule has 17 heavy (non-hydrogen) atoms. The van der Waals surface area contributed by atoms with Gasteiger partial charge in [-0.25, -0.2) is 4.79 Å². The minimum Gasteiger partial charge on any atom is -0.477 e. The molecule has 0 spiro atoms. The largest absolute Gasteiger partial charge is 0.477 e. The lowest BCUT2D eigenvalue weighted by Gasteiger charge is -2.00. The third-order valence-electron chi connectivity index (χ3n) is 2.08. The van der Waals surface area contributed by atoms with Gasteiger partial charge in [0.1, 0.15) is 4.88 Å². The molecule has 0 aliphatic rings. The maximum absolute atomic E-state index is 10.7. The van der Waals surface area contributed by atoms with Crippen LogP contribution in [0.15, 0.2) is 45.1 Å². The van der Waals surface area contributed by atoms with E-state index in [-0.39, 0.29) is 0 Å². The summed E-state index contributed by atoms with van der Waals surface area (Å²) in [6.07, 6.45) is 0. The molecular weight excluding hydrogens is 320 g/mol. The number of hydrogen-bond donors (Lipinski definition) is 1. The van der Waals surface area contributed by atoms with Gasteiger partial charge in [-0.2, -0.15) is 0 Å². The first kappa shape index (κ1) is 12.7. The maximum atomic E-state index is 10.7. The molecule has 0 atom stereocenters. The molecule has 0 fully saturated rings. The molecule has 2 rings (SSSR count). The Labute approximate surface area is 116 Å². The lowest BCUT2D eigenvalue weighted by atomic mass is 10.2. The Hall–Kier alpha value is -0.780. The summed E-state index contributed by atoms with van der Waals surface area (Å²) < 4.78 is 1.06. The third-order valence-corrected chi connectivity index (χ3v) is 4.69. The monoisotopic (exact) mass is 328 g/mol. The van der Waals surface area contributed by atoms with E-state index >= 15 is 0 Å². The van der Waals surface area contributed by atoms with Crippen molar-refractivity contribution in [2.45, 2.75) is 10.6 Å². The summed E-state index contributed by atoms with van der Waals surface area (Å²) in [7, 11) is 0. The Morgan fingerprint density at radius 3 is 2.88 bits per heavy atom. The van der Waals surface area contributed by atoms with Crippen LogP contribution in [0.2, 0.25) is 0 Å². The van der Waals surface area contributed by atoms with E-state index in [2.05, 4.69) is 28.1 Å². The molecule has 0 aliphatic carbocycles. The number of carboxylic acid groups (broad SMARTS) is 1. The molecule has 0 saturated carbocycles. The zero-order valence-corrected chi connectivity index (χ0v) is 11.9. The molecule has 0 unspecified atom stereocenters. The van der Waals surface area contributed by atoms with Gasteiger partial charge in [-0.1, -0.05) is 28.1 Å². The van der Waals surface area contributed by atoms with E-state index in [1.807, 2.05) is 17.5 Å². The summed E-state index contributed by atoms with van der Waals surface area (Å²) >= 11 is 6.34. The lowest BCUT2D eigenvalue weighted by Crippen LogP contribution is -1.89. The van der Waals surface area contributed by atoms with E-state index < -0.39 is 5.97 Å². The van der Waals surface area contributed by atoms with Gasteiger partial charge >= 0.3 is 5.97 Å². The molecular formula is C12H9BrO2S2. The van der Waals surface area contributed by atoms with E-state index in [1.165, 1.54) is 16.9 Å². The zero-order valence-electron chi connectivity index (χ0n) is 8.72. The maximum Gasteiger partial charge on any atom is 0.345 e. The molecule has 2 nitrogen and oxygen atoms in total. The summed E-state index contributed by atoms with van der Waals surface area (Å²) in [5, 5.41) is 10.7. The number of carbonyl (C=O) groups is 1. The van der Waals surface area contributed by atoms with E-state index in [9.17, 15) is 4.79 Å². The van der Waals surface area contributed by atoms with Crippen LogP contribution >= 0.6 is 39.0 Å². The van der Waals surface area contributed by atoms with Gasteiger partial charge in [-0.15, -0.1) is 23.1 Å². The first-order valence-electron chi connectivity index (χ1n) is 4.84. The fourth-order valence-electron chi connectivity index (χ4n) is 1.30. The number of benzene rings is 1. The number of thiophene rings is 1. The lowest BCUT2D eigenvalue weighted by molar-refractivity contribution is 0.0702. The summed E-state index contributed by atoms with van der Waals surface area (Å²) in [5.41, 5.74) is 1.22. The number of carboxylic acids is 1. The number of halogens is 1. The fraction of sp³-hybridized carbons (Fsp3) is 0.0833. The van der Waals surface area contributed by atoms with Crippen LogP contribution in [0, 0.1) is 0 Å². The number of aromatic carboxylic acids is 1. The van der Waals surface area contributed by atoms with Crippen LogP contribution in [-0.4, -0.2) is 11.1 Å². The summed E-state index contributed by atoms with van der Waals surface area (Å²) in [4.78, 5) is 12.1. The minimum absolute atomic E-state index is 0.391. The second-order valence-corrected chi connectivity index (χ2v) is 6.25. The molecule has 0 aliphatic heterocycles. The van der Waals surface area contributed by atoms with Gasteiger partial charge in [0, 0.05) is 20.5 Å². The molecule has 2 aromatic rings. The standard InChI is InChI=1S/C12H9BrO2S2/c13-9-3-1-2-8(4-9)6-16-10-5-11(12(14)15)17-7-10/h1-5,7H,6H2,(H,14,15). The average molecular weight is 329 g/mol. The normalized spacial score (nSPS) is 10.4.